The number of nitriles is 1. The molecule has 2 atom stereocenters. The van der Waals surface area contributed by atoms with Crippen LogP contribution in [0.3, 0.4) is 0 Å². The van der Waals surface area contributed by atoms with E-state index in [2.05, 4.69) is 27.3 Å². The summed E-state index contributed by atoms with van der Waals surface area (Å²) in [7, 11) is 0. The molecule has 0 radical (unpaired) electrons. The first-order chi connectivity index (χ1) is 8.61. The van der Waals surface area contributed by atoms with Gasteiger partial charge in [0.1, 0.15) is 0 Å². The van der Waals surface area contributed by atoms with Gasteiger partial charge in [0.05, 0.1) is 17.6 Å². The number of hydrogen-bond donors (Lipinski definition) is 1. The predicted octanol–water partition coefficient (Wildman–Crippen LogP) is 3.52. The van der Waals surface area contributed by atoms with Crippen molar-refractivity contribution in [2.45, 2.75) is 25.3 Å². The van der Waals surface area contributed by atoms with E-state index in [9.17, 15) is 4.79 Å². The third-order valence-electron chi connectivity index (χ3n) is 3.17. The van der Waals surface area contributed by atoms with Crippen LogP contribution >= 0.6 is 27.5 Å². The Bertz CT molecular complexity index is 512. The summed E-state index contributed by atoms with van der Waals surface area (Å²) in [6.07, 6.45) is 2.73. The number of halogens is 2. The largest absolute Gasteiger partial charge is 0.348 e. The van der Waals surface area contributed by atoms with Crippen LogP contribution in [0.25, 0.3) is 0 Å². The monoisotopic (exact) mass is 326 g/mol. The van der Waals surface area contributed by atoms with Crippen LogP contribution in [0.4, 0.5) is 0 Å². The van der Waals surface area contributed by atoms with Gasteiger partial charge in [-0.25, -0.2) is 0 Å². The molecular weight excluding hydrogens is 316 g/mol. The Kier molecular flexibility index (Phi) is 4.26. The Balaban J connectivity index is 2.10. The molecule has 0 heterocycles. The van der Waals surface area contributed by atoms with Crippen molar-refractivity contribution >= 4 is 33.4 Å². The summed E-state index contributed by atoms with van der Waals surface area (Å²) in [6, 6.07) is 7.25. The van der Waals surface area contributed by atoms with Gasteiger partial charge in [0, 0.05) is 15.5 Å². The van der Waals surface area contributed by atoms with Crippen LogP contribution in [0.5, 0.6) is 0 Å². The van der Waals surface area contributed by atoms with Crippen molar-refractivity contribution in [2.24, 2.45) is 5.92 Å². The van der Waals surface area contributed by atoms with Crippen LogP contribution in [0, 0.1) is 17.2 Å². The second-order valence-electron chi connectivity index (χ2n) is 4.37. The third-order valence-corrected chi connectivity index (χ3v) is 4.07. The van der Waals surface area contributed by atoms with Crippen molar-refractivity contribution in [3.05, 3.63) is 33.3 Å². The zero-order valence-electron chi connectivity index (χ0n) is 9.62. The van der Waals surface area contributed by atoms with Crippen molar-refractivity contribution in [3.8, 4) is 6.07 Å². The minimum absolute atomic E-state index is 0.0370. The Morgan fingerprint density at radius 2 is 2.28 bits per heavy atom. The van der Waals surface area contributed by atoms with Gasteiger partial charge >= 0.3 is 0 Å². The Labute approximate surface area is 119 Å². The Morgan fingerprint density at radius 3 is 2.94 bits per heavy atom. The molecule has 1 amide bonds. The molecular formula is C13H12BrClN2O. The number of carbonyl (C=O) groups is 1. The second-order valence-corrected chi connectivity index (χ2v) is 5.66. The highest BCUT2D eigenvalue weighted by Gasteiger charge is 2.28. The number of rotatable bonds is 2. The molecule has 0 aliphatic heterocycles. The standard InChI is InChI=1S/C13H12BrClN2O/c14-11-6-9(15)4-5-10(11)13(18)17-12-3-1-2-8(12)7-16/h4-6,8,12H,1-3H2,(H,17,18). The lowest BCUT2D eigenvalue weighted by atomic mass is 10.1. The summed E-state index contributed by atoms with van der Waals surface area (Å²) in [6.45, 7) is 0. The van der Waals surface area contributed by atoms with Crippen molar-refractivity contribution in [3.63, 3.8) is 0 Å². The van der Waals surface area contributed by atoms with Gasteiger partial charge in [0.15, 0.2) is 0 Å². The Morgan fingerprint density at radius 1 is 1.50 bits per heavy atom. The van der Waals surface area contributed by atoms with Crippen LogP contribution in [-0.4, -0.2) is 11.9 Å². The molecule has 1 fully saturated rings. The first-order valence-corrected chi connectivity index (χ1v) is 6.94. The van der Waals surface area contributed by atoms with Crippen LogP contribution < -0.4 is 5.32 Å². The van der Waals surface area contributed by atoms with Crippen LogP contribution in [0.1, 0.15) is 29.6 Å². The van der Waals surface area contributed by atoms with Gasteiger partial charge in [-0.05, 0) is 53.4 Å². The third kappa shape index (κ3) is 2.85. The quantitative estimate of drug-likeness (QED) is 0.903. The van der Waals surface area contributed by atoms with Gasteiger partial charge in [-0.15, -0.1) is 0 Å². The van der Waals surface area contributed by atoms with E-state index in [1.165, 1.54) is 0 Å². The summed E-state index contributed by atoms with van der Waals surface area (Å²) in [5.74, 6) is -0.231. The molecule has 1 N–H and O–H groups in total. The number of nitrogens with zero attached hydrogens (tertiary/aromatic N) is 1. The molecule has 1 aliphatic carbocycles. The van der Waals surface area contributed by atoms with E-state index in [0.29, 0.717) is 15.1 Å². The predicted molar refractivity (Wildman–Crippen MR) is 73.4 cm³/mol. The number of hydrogen-bond acceptors (Lipinski definition) is 2. The molecule has 1 aromatic carbocycles. The van der Waals surface area contributed by atoms with Gasteiger partial charge in [-0.3, -0.25) is 4.79 Å². The van der Waals surface area contributed by atoms with Gasteiger partial charge < -0.3 is 5.32 Å². The van der Waals surface area contributed by atoms with Crippen molar-refractivity contribution < 1.29 is 4.79 Å². The molecule has 2 rings (SSSR count). The van der Waals surface area contributed by atoms with E-state index >= 15 is 0 Å². The maximum absolute atomic E-state index is 12.1. The molecule has 1 aliphatic rings. The smallest absolute Gasteiger partial charge is 0.252 e. The summed E-state index contributed by atoms with van der Waals surface area (Å²) in [5, 5.41) is 12.5. The fourth-order valence-electron chi connectivity index (χ4n) is 2.21. The van der Waals surface area contributed by atoms with Gasteiger partial charge in [0.2, 0.25) is 0 Å². The van der Waals surface area contributed by atoms with Crippen LogP contribution in [0.2, 0.25) is 5.02 Å². The molecule has 2 unspecified atom stereocenters. The van der Waals surface area contributed by atoms with E-state index in [4.69, 9.17) is 16.9 Å². The van der Waals surface area contributed by atoms with E-state index in [1.54, 1.807) is 18.2 Å². The molecule has 0 bridgehead atoms. The number of amides is 1. The molecule has 18 heavy (non-hydrogen) atoms. The number of benzene rings is 1. The highest BCUT2D eigenvalue weighted by molar-refractivity contribution is 9.10. The molecule has 1 aromatic rings. The van der Waals surface area contributed by atoms with E-state index in [1.807, 2.05) is 0 Å². The first kappa shape index (κ1) is 13.4. The molecule has 5 heteroatoms. The second kappa shape index (κ2) is 5.73. The zero-order valence-corrected chi connectivity index (χ0v) is 12.0. The lowest BCUT2D eigenvalue weighted by Gasteiger charge is -2.16. The summed E-state index contributed by atoms with van der Waals surface area (Å²) in [5.41, 5.74) is 0.544. The van der Waals surface area contributed by atoms with Crippen molar-refractivity contribution in [2.75, 3.05) is 0 Å². The molecule has 0 aromatic heterocycles. The van der Waals surface area contributed by atoms with Gasteiger partial charge in [0.25, 0.3) is 5.91 Å². The minimum atomic E-state index is -0.161. The number of nitrogens with one attached hydrogen (secondary N) is 1. The highest BCUT2D eigenvalue weighted by Crippen LogP contribution is 2.26. The SMILES string of the molecule is N#CC1CCCC1NC(=O)c1ccc(Cl)cc1Br. The Hall–Kier alpha value is -1.05. The lowest BCUT2D eigenvalue weighted by molar-refractivity contribution is 0.0932. The highest BCUT2D eigenvalue weighted by atomic mass is 79.9. The minimum Gasteiger partial charge on any atom is -0.348 e. The van der Waals surface area contributed by atoms with E-state index in [-0.39, 0.29) is 17.9 Å². The first-order valence-electron chi connectivity index (χ1n) is 5.77. The normalized spacial score (nSPS) is 22.5. The molecule has 1 saturated carbocycles. The van der Waals surface area contributed by atoms with Gasteiger partial charge in [-0.1, -0.05) is 11.6 Å². The average Bonchev–Trinajstić information content (AvgIpc) is 2.76. The van der Waals surface area contributed by atoms with Crippen LogP contribution in [-0.2, 0) is 0 Å². The molecule has 0 saturated heterocycles. The van der Waals surface area contributed by atoms with Crippen molar-refractivity contribution in [1.82, 2.24) is 5.32 Å². The molecule has 94 valence electrons. The summed E-state index contributed by atoms with van der Waals surface area (Å²) >= 11 is 9.15. The van der Waals surface area contributed by atoms with E-state index in [0.717, 1.165) is 19.3 Å². The molecule has 3 nitrogen and oxygen atoms in total. The molecule has 0 spiro atoms. The van der Waals surface area contributed by atoms with E-state index < -0.39 is 0 Å². The van der Waals surface area contributed by atoms with Crippen molar-refractivity contribution in [1.29, 1.82) is 5.26 Å². The fourth-order valence-corrected chi connectivity index (χ4v) is 3.07. The average molecular weight is 328 g/mol. The maximum Gasteiger partial charge on any atom is 0.252 e. The van der Waals surface area contributed by atoms with Crippen LogP contribution in [0.15, 0.2) is 22.7 Å². The number of carbonyl (C=O) groups excluding carboxylic acids is 1. The van der Waals surface area contributed by atoms with Gasteiger partial charge in [-0.2, -0.15) is 5.26 Å². The lowest BCUT2D eigenvalue weighted by Crippen LogP contribution is -2.37. The zero-order chi connectivity index (χ0) is 13.1. The summed E-state index contributed by atoms with van der Waals surface area (Å²) < 4.78 is 0.666. The topological polar surface area (TPSA) is 52.9 Å². The summed E-state index contributed by atoms with van der Waals surface area (Å²) in [4.78, 5) is 12.1. The fraction of sp³-hybridized carbons (Fsp3) is 0.385. The maximum atomic E-state index is 12.1.